The first-order valence-corrected chi connectivity index (χ1v) is 38.3. The van der Waals surface area contributed by atoms with E-state index in [1.807, 2.05) is 0 Å². The van der Waals surface area contributed by atoms with Crippen molar-refractivity contribution in [3.05, 3.63) is 36.5 Å². The van der Waals surface area contributed by atoms with Crippen molar-refractivity contribution in [3.8, 4) is 0 Å². The van der Waals surface area contributed by atoms with Gasteiger partial charge in [0.1, 0.15) is 98.7 Å². The van der Waals surface area contributed by atoms with Gasteiger partial charge in [-0.25, -0.2) is 4.57 Å². The van der Waals surface area contributed by atoms with E-state index < -0.39 is 156 Å². The molecule has 2 saturated heterocycles. The van der Waals surface area contributed by atoms with Crippen LogP contribution in [-0.4, -0.2) is 204 Å². The minimum atomic E-state index is -5.70. The van der Waals surface area contributed by atoms with E-state index in [1.54, 1.807) is 0 Å². The molecule has 0 bridgehead atoms. The maximum absolute atomic E-state index is 14.3. The third kappa shape index (κ3) is 36.2. The zero-order chi connectivity index (χ0) is 70.4. The Morgan fingerprint density at radius 3 is 1.15 bits per heavy atom. The molecule has 0 amide bonds. The Bertz CT molecular complexity index is 2140. The number of phosphoric acid groups is 1. The molecule has 0 aromatic carbocycles. The summed E-state index contributed by atoms with van der Waals surface area (Å²) in [5.41, 5.74) is 0. The highest BCUT2D eigenvalue weighted by Gasteiger charge is 2.58. The topological polar surface area (TPSA) is 374 Å². The number of carbonyl (C=O) groups excluding carboxylic acids is 3. The molecule has 0 aromatic heterocycles. The van der Waals surface area contributed by atoms with E-state index in [9.17, 15) is 74.9 Å². The number of carbonyl (C=O) groups is 3. The fourth-order valence-corrected chi connectivity index (χ4v) is 12.8. The number of phosphoric ester groups is 1. The van der Waals surface area contributed by atoms with Crippen molar-refractivity contribution in [2.24, 2.45) is 0 Å². The lowest BCUT2D eigenvalue weighted by atomic mass is 9.84. The molecule has 3 fully saturated rings. The van der Waals surface area contributed by atoms with Crippen molar-refractivity contribution in [2.45, 2.75) is 369 Å². The van der Waals surface area contributed by atoms with Gasteiger partial charge in [0.05, 0.1) is 13.2 Å². The van der Waals surface area contributed by atoms with Crippen LogP contribution in [0.5, 0.6) is 0 Å². The van der Waals surface area contributed by atoms with Gasteiger partial charge in [0, 0.05) is 19.3 Å². The Balaban J connectivity index is 1.75. The molecule has 3 rings (SSSR count). The maximum atomic E-state index is 14.3. The van der Waals surface area contributed by atoms with Crippen LogP contribution in [0.2, 0.25) is 0 Å². The van der Waals surface area contributed by atoms with Crippen molar-refractivity contribution in [1.29, 1.82) is 0 Å². The number of ether oxygens (including phenoxy) is 7. The summed E-state index contributed by atoms with van der Waals surface area (Å²) in [5.74, 6) is -2.03. The molecule has 1 saturated carbocycles. The standard InChI is InChI=1S/C71H127O24P/c1-4-7-10-13-16-19-22-25-26-29-31-33-36-39-42-45-55(73)87-49-52(90-57(75)47-44-41-38-35-32-28-24-21-18-15-12-9-6-3)50-89-96(85,86)95-69-67(93-70-65(83)60(78)58(76)53(48-72)91-70)63(81)62(80)64(82)68(69)94-71-66(84)61(79)59(77)54(92-71)51-88-56(74)46-43-40-37-34-30-27-23-20-17-14-11-8-5-2/h19,22,27-28,30,32,52-54,58-72,76-84H,4-18,20-21,23-26,29,31,33-51H2,1-3H3,(H,85,86)/b22-19-,30-27-,32-28-. The molecule has 2 heterocycles. The van der Waals surface area contributed by atoms with Crippen LogP contribution in [0.25, 0.3) is 0 Å². The van der Waals surface area contributed by atoms with E-state index in [4.69, 9.17) is 42.2 Å². The fourth-order valence-electron chi connectivity index (χ4n) is 11.8. The number of hydrogen-bond donors (Lipinski definition) is 11. The van der Waals surface area contributed by atoms with Gasteiger partial charge in [-0.1, -0.05) is 186 Å². The molecular weight excluding hydrogens is 1270 g/mol. The van der Waals surface area contributed by atoms with Crippen LogP contribution >= 0.6 is 7.82 Å². The van der Waals surface area contributed by atoms with Crippen molar-refractivity contribution in [2.75, 3.05) is 26.4 Å². The first-order chi connectivity index (χ1) is 46.3. The predicted molar refractivity (Wildman–Crippen MR) is 361 cm³/mol. The van der Waals surface area contributed by atoms with Gasteiger partial charge >= 0.3 is 25.7 Å². The summed E-state index contributed by atoms with van der Waals surface area (Å²) in [6.45, 7) is 3.36. The molecule has 0 aromatic rings. The van der Waals surface area contributed by atoms with Gasteiger partial charge in [-0.3, -0.25) is 23.4 Å². The van der Waals surface area contributed by atoms with E-state index >= 15 is 0 Å². The summed E-state index contributed by atoms with van der Waals surface area (Å²) in [5, 5.41) is 110. The molecule has 18 unspecified atom stereocenters. The number of unbranched alkanes of at least 4 members (excludes halogenated alkanes) is 29. The molecular formula is C71H127O24P. The lowest BCUT2D eigenvalue weighted by molar-refractivity contribution is -0.360. The summed E-state index contributed by atoms with van der Waals surface area (Å²) >= 11 is 0. The Morgan fingerprint density at radius 1 is 0.396 bits per heavy atom. The van der Waals surface area contributed by atoms with Crippen molar-refractivity contribution in [3.63, 3.8) is 0 Å². The Kier molecular flexibility index (Phi) is 48.3. The van der Waals surface area contributed by atoms with E-state index in [2.05, 4.69) is 57.2 Å². The van der Waals surface area contributed by atoms with Crippen LogP contribution < -0.4 is 0 Å². The van der Waals surface area contributed by atoms with Gasteiger partial charge in [-0.05, 0) is 96.3 Å². The first kappa shape index (κ1) is 87.4. The van der Waals surface area contributed by atoms with Crippen molar-refractivity contribution >= 4 is 25.7 Å². The molecule has 24 nitrogen and oxygen atoms in total. The molecule has 0 spiro atoms. The van der Waals surface area contributed by atoms with Crippen LogP contribution in [0.4, 0.5) is 0 Å². The molecule has 11 N–H and O–H groups in total. The third-order valence-electron chi connectivity index (χ3n) is 17.9. The average Bonchev–Trinajstić information content (AvgIpc) is 0.767. The second-order valence-corrected chi connectivity index (χ2v) is 27.7. The van der Waals surface area contributed by atoms with Gasteiger partial charge in [0.15, 0.2) is 18.7 Å². The summed E-state index contributed by atoms with van der Waals surface area (Å²) in [6, 6.07) is 0. The van der Waals surface area contributed by atoms with Crippen molar-refractivity contribution in [1.82, 2.24) is 0 Å². The number of allylic oxidation sites excluding steroid dienone is 6. The zero-order valence-electron chi connectivity index (χ0n) is 58.2. The maximum Gasteiger partial charge on any atom is 0.472 e. The monoisotopic (exact) mass is 1390 g/mol. The first-order valence-electron chi connectivity index (χ1n) is 36.8. The summed E-state index contributed by atoms with van der Waals surface area (Å²) < 4.78 is 64.9. The minimum Gasteiger partial charge on any atom is -0.463 e. The van der Waals surface area contributed by atoms with Gasteiger partial charge in [-0.15, -0.1) is 0 Å². The highest BCUT2D eigenvalue weighted by Crippen LogP contribution is 2.49. The zero-order valence-corrected chi connectivity index (χ0v) is 59.0. The Hall–Kier alpha value is -2.82. The van der Waals surface area contributed by atoms with E-state index in [0.29, 0.717) is 25.7 Å². The van der Waals surface area contributed by atoms with Crippen LogP contribution in [0.15, 0.2) is 36.5 Å². The number of rotatable bonds is 56. The van der Waals surface area contributed by atoms with E-state index in [-0.39, 0.29) is 19.3 Å². The summed E-state index contributed by atoms with van der Waals surface area (Å²) in [4.78, 5) is 50.9. The quantitative estimate of drug-likeness (QED) is 0.00887. The van der Waals surface area contributed by atoms with Crippen LogP contribution in [0, 0.1) is 0 Å². The van der Waals surface area contributed by atoms with Crippen molar-refractivity contribution < 1.29 is 117 Å². The second-order valence-electron chi connectivity index (χ2n) is 26.3. The van der Waals surface area contributed by atoms with Gasteiger partial charge in [0.2, 0.25) is 0 Å². The Morgan fingerprint density at radius 2 is 0.729 bits per heavy atom. The number of esters is 3. The lowest BCUT2D eigenvalue weighted by Crippen LogP contribution is -2.69. The van der Waals surface area contributed by atoms with Crippen LogP contribution in [-0.2, 0) is 61.2 Å². The fraction of sp³-hybridized carbons (Fsp3) is 0.873. The average molecular weight is 1400 g/mol. The van der Waals surface area contributed by atoms with E-state index in [0.717, 1.165) is 109 Å². The van der Waals surface area contributed by atoms with Gasteiger partial charge in [-0.2, -0.15) is 0 Å². The molecule has 2 aliphatic heterocycles. The Labute approximate surface area is 572 Å². The number of aliphatic hydroxyl groups excluding tert-OH is 10. The third-order valence-corrected chi connectivity index (χ3v) is 18.8. The molecule has 1 aliphatic carbocycles. The molecule has 96 heavy (non-hydrogen) atoms. The normalized spacial score (nSPS) is 28.1. The predicted octanol–water partition coefficient (Wildman–Crippen LogP) is 9.51. The molecule has 3 aliphatic rings. The van der Waals surface area contributed by atoms with E-state index in [1.165, 1.54) is 89.9 Å². The lowest BCUT2D eigenvalue weighted by Gasteiger charge is -2.49. The SMILES string of the molecule is CCCCCC/C=C\CCCCCCCCCC(=O)OCC(COP(=O)(O)OC1C(OC2OC(CO)C(O)C(O)C2O)C(O)C(O)C(O)C1OC1OC(COC(=O)CCCCC/C=C\CCCCCCCC)C(O)C(O)C1O)OC(=O)CCCCC/C=C\CCCCCCCC. The molecule has 0 radical (unpaired) electrons. The van der Waals surface area contributed by atoms with Crippen LogP contribution in [0.3, 0.4) is 0 Å². The molecule has 18 atom stereocenters. The summed E-state index contributed by atoms with van der Waals surface area (Å²) in [7, 11) is -5.70. The highest BCUT2D eigenvalue weighted by atomic mass is 31.2. The number of aliphatic hydroxyl groups is 10. The smallest absolute Gasteiger partial charge is 0.463 e. The van der Waals surface area contributed by atoms with Crippen LogP contribution in [0.1, 0.15) is 265 Å². The highest BCUT2D eigenvalue weighted by molar-refractivity contribution is 7.47. The number of hydrogen-bond acceptors (Lipinski definition) is 23. The second kappa shape index (κ2) is 53.1. The van der Waals surface area contributed by atoms with Gasteiger partial charge in [0.25, 0.3) is 0 Å². The summed E-state index contributed by atoms with van der Waals surface area (Å²) in [6.07, 6.45) is 13.7. The molecule has 25 heteroatoms. The minimum absolute atomic E-state index is 0.00632. The van der Waals surface area contributed by atoms with Gasteiger partial charge < -0.3 is 89.1 Å². The molecule has 560 valence electrons. The largest absolute Gasteiger partial charge is 0.472 e.